The molecule has 2 atom stereocenters. The third-order valence-electron chi connectivity index (χ3n) is 3.55. The Hall–Kier alpha value is -1.89. The predicted molar refractivity (Wildman–Crippen MR) is 71.4 cm³/mol. The van der Waals surface area contributed by atoms with E-state index in [1.54, 1.807) is 0 Å². The topological polar surface area (TPSA) is 94.5 Å². The van der Waals surface area contributed by atoms with E-state index in [1.807, 2.05) is 4.90 Å². The molecule has 0 radical (unpaired) electrons. The minimum atomic E-state index is -0.425. The van der Waals surface area contributed by atoms with Crippen molar-refractivity contribution in [2.45, 2.75) is 19.4 Å². The lowest BCUT2D eigenvalue weighted by molar-refractivity contribution is -0.384. The van der Waals surface area contributed by atoms with Gasteiger partial charge >= 0.3 is 5.69 Å². The number of rotatable bonds is 3. The molecule has 2 unspecified atom stereocenters. The number of piperidine rings is 1. The molecule has 7 heteroatoms. The molecule has 0 bridgehead atoms. The monoisotopic (exact) mass is 266 g/mol. The minimum Gasteiger partial charge on any atom is -0.481 e. The number of anilines is 1. The molecule has 1 aliphatic heterocycles. The van der Waals surface area contributed by atoms with Crippen LogP contribution in [0, 0.1) is 16.0 Å². The van der Waals surface area contributed by atoms with Crippen LogP contribution in [0.1, 0.15) is 13.3 Å². The Bertz CT molecular complexity index is 480. The number of hydrogen-bond acceptors (Lipinski definition) is 6. The number of nitro groups is 1. The molecule has 7 nitrogen and oxygen atoms in total. The fourth-order valence-electron chi connectivity index (χ4n) is 2.20. The van der Waals surface area contributed by atoms with Gasteiger partial charge in [-0.15, -0.1) is 0 Å². The van der Waals surface area contributed by atoms with Gasteiger partial charge in [0.1, 0.15) is 0 Å². The van der Waals surface area contributed by atoms with Crippen LogP contribution in [-0.2, 0) is 0 Å². The first-order valence-electron chi connectivity index (χ1n) is 6.23. The van der Waals surface area contributed by atoms with Crippen LogP contribution in [-0.4, -0.2) is 36.1 Å². The Morgan fingerprint density at radius 1 is 1.58 bits per heavy atom. The van der Waals surface area contributed by atoms with Gasteiger partial charge in [-0.25, -0.2) is 0 Å². The van der Waals surface area contributed by atoms with Crippen LogP contribution in [0.15, 0.2) is 12.1 Å². The van der Waals surface area contributed by atoms with Crippen molar-refractivity contribution in [3.05, 3.63) is 22.2 Å². The van der Waals surface area contributed by atoms with Crippen LogP contribution in [0.5, 0.6) is 5.88 Å². The zero-order chi connectivity index (χ0) is 14.0. The Kier molecular flexibility index (Phi) is 3.84. The van der Waals surface area contributed by atoms with Crippen molar-refractivity contribution in [2.75, 3.05) is 25.1 Å². The van der Waals surface area contributed by atoms with Gasteiger partial charge in [-0.1, -0.05) is 6.92 Å². The summed E-state index contributed by atoms with van der Waals surface area (Å²) < 4.78 is 5.04. The number of hydrogen-bond donors (Lipinski definition) is 1. The first-order valence-corrected chi connectivity index (χ1v) is 6.23. The quantitative estimate of drug-likeness (QED) is 0.652. The van der Waals surface area contributed by atoms with E-state index < -0.39 is 4.92 Å². The van der Waals surface area contributed by atoms with E-state index in [4.69, 9.17) is 10.5 Å². The summed E-state index contributed by atoms with van der Waals surface area (Å²) in [5, 5.41) is 11.1. The molecule has 0 amide bonds. The van der Waals surface area contributed by atoms with Crippen LogP contribution in [0.25, 0.3) is 0 Å². The zero-order valence-corrected chi connectivity index (χ0v) is 11.1. The second-order valence-corrected chi connectivity index (χ2v) is 4.83. The van der Waals surface area contributed by atoms with E-state index in [0.717, 1.165) is 13.0 Å². The lowest BCUT2D eigenvalue weighted by Gasteiger charge is -2.35. The summed E-state index contributed by atoms with van der Waals surface area (Å²) in [6.45, 7) is 3.38. The van der Waals surface area contributed by atoms with E-state index in [0.29, 0.717) is 24.2 Å². The van der Waals surface area contributed by atoms with E-state index in [1.165, 1.54) is 19.2 Å². The number of nitrogens with two attached hydrogens (primary N) is 1. The largest absolute Gasteiger partial charge is 0.481 e. The number of ether oxygens (including phenoxy) is 1. The summed E-state index contributed by atoms with van der Waals surface area (Å²) in [7, 11) is 1.49. The summed E-state index contributed by atoms with van der Waals surface area (Å²) in [5.74, 6) is 1.13. The molecular weight excluding hydrogens is 248 g/mol. The highest BCUT2D eigenvalue weighted by Crippen LogP contribution is 2.31. The maximum atomic E-state index is 11.1. The minimum absolute atomic E-state index is 0.00125. The van der Waals surface area contributed by atoms with Gasteiger partial charge in [0.15, 0.2) is 0 Å². The maximum Gasteiger partial charge on any atom is 0.311 e. The molecule has 2 rings (SSSR count). The summed E-state index contributed by atoms with van der Waals surface area (Å²) in [5.41, 5.74) is 6.02. The highest BCUT2D eigenvalue weighted by Gasteiger charge is 2.29. The van der Waals surface area contributed by atoms with Crippen LogP contribution < -0.4 is 15.4 Å². The molecule has 0 aromatic carbocycles. The van der Waals surface area contributed by atoms with Crippen LogP contribution in [0.3, 0.4) is 0 Å². The fraction of sp³-hybridized carbons (Fsp3) is 0.583. The first-order chi connectivity index (χ1) is 9.02. The average Bonchev–Trinajstić information content (AvgIpc) is 2.41. The van der Waals surface area contributed by atoms with Gasteiger partial charge in [-0.05, 0) is 12.3 Å². The fourth-order valence-corrected chi connectivity index (χ4v) is 2.20. The highest BCUT2D eigenvalue weighted by molar-refractivity contribution is 5.59. The molecule has 0 saturated carbocycles. The summed E-state index contributed by atoms with van der Waals surface area (Å²) in [4.78, 5) is 16.7. The Morgan fingerprint density at radius 3 is 2.89 bits per heavy atom. The van der Waals surface area contributed by atoms with Crippen LogP contribution in [0.2, 0.25) is 0 Å². The molecule has 1 fully saturated rings. The molecule has 1 aliphatic rings. The van der Waals surface area contributed by atoms with Gasteiger partial charge in [-0.2, -0.15) is 4.98 Å². The number of nitrogens with zero attached hydrogens (tertiary/aromatic N) is 3. The van der Waals surface area contributed by atoms with Gasteiger partial charge in [-0.3, -0.25) is 10.1 Å². The SMILES string of the molecule is COc1ccc([N+](=O)[O-])c(N2CCC(C)C(N)C2)n1. The van der Waals surface area contributed by atoms with Gasteiger partial charge in [0, 0.05) is 31.3 Å². The predicted octanol–water partition coefficient (Wildman–Crippen LogP) is 1.17. The molecule has 19 heavy (non-hydrogen) atoms. The van der Waals surface area contributed by atoms with Crippen molar-refractivity contribution in [3.63, 3.8) is 0 Å². The van der Waals surface area contributed by atoms with E-state index in [2.05, 4.69) is 11.9 Å². The summed E-state index contributed by atoms with van der Waals surface area (Å²) >= 11 is 0. The van der Waals surface area contributed by atoms with E-state index in [9.17, 15) is 10.1 Å². The third kappa shape index (κ3) is 2.76. The Morgan fingerprint density at radius 2 is 2.32 bits per heavy atom. The molecule has 1 saturated heterocycles. The molecule has 1 aromatic rings. The van der Waals surface area contributed by atoms with Crippen LogP contribution >= 0.6 is 0 Å². The second-order valence-electron chi connectivity index (χ2n) is 4.83. The molecule has 104 valence electrons. The van der Waals surface area contributed by atoms with Crippen molar-refractivity contribution in [1.29, 1.82) is 0 Å². The van der Waals surface area contributed by atoms with Gasteiger partial charge in [0.25, 0.3) is 0 Å². The molecule has 1 aromatic heterocycles. The number of methoxy groups -OCH3 is 1. The van der Waals surface area contributed by atoms with Crippen molar-refractivity contribution in [2.24, 2.45) is 11.7 Å². The average molecular weight is 266 g/mol. The maximum absolute atomic E-state index is 11.1. The van der Waals surface area contributed by atoms with Gasteiger partial charge in [0.05, 0.1) is 12.0 Å². The molecule has 2 heterocycles. The van der Waals surface area contributed by atoms with Crippen molar-refractivity contribution < 1.29 is 9.66 Å². The lowest BCUT2D eigenvalue weighted by Crippen LogP contribution is -2.48. The van der Waals surface area contributed by atoms with Crippen molar-refractivity contribution >= 4 is 11.5 Å². The van der Waals surface area contributed by atoms with E-state index in [-0.39, 0.29) is 11.7 Å². The molecular formula is C12H18N4O3. The lowest BCUT2D eigenvalue weighted by atomic mass is 9.94. The number of aromatic nitrogens is 1. The normalized spacial score (nSPS) is 23.2. The van der Waals surface area contributed by atoms with E-state index >= 15 is 0 Å². The van der Waals surface area contributed by atoms with Crippen LogP contribution in [0.4, 0.5) is 11.5 Å². The highest BCUT2D eigenvalue weighted by atomic mass is 16.6. The van der Waals surface area contributed by atoms with Gasteiger partial charge < -0.3 is 15.4 Å². The Balaban J connectivity index is 2.34. The van der Waals surface area contributed by atoms with Crippen molar-refractivity contribution in [1.82, 2.24) is 4.98 Å². The first kappa shape index (κ1) is 13.5. The number of pyridine rings is 1. The smallest absolute Gasteiger partial charge is 0.311 e. The summed E-state index contributed by atoms with van der Waals surface area (Å²) in [6, 6.07) is 2.92. The third-order valence-corrected chi connectivity index (χ3v) is 3.55. The standard InChI is InChI=1S/C12H18N4O3/c1-8-5-6-15(7-9(8)13)12-10(16(17)18)3-4-11(14-12)19-2/h3-4,8-9H,5-7,13H2,1-2H3. The molecule has 2 N–H and O–H groups in total. The second kappa shape index (κ2) is 5.40. The molecule has 0 spiro atoms. The van der Waals surface area contributed by atoms with Crippen molar-refractivity contribution in [3.8, 4) is 5.88 Å². The van der Waals surface area contributed by atoms with Gasteiger partial charge in [0.2, 0.25) is 11.7 Å². The Labute approximate surface area is 111 Å². The molecule has 0 aliphatic carbocycles. The zero-order valence-electron chi connectivity index (χ0n) is 11.1. The summed E-state index contributed by atoms with van der Waals surface area (Å²) in [6.07, 6.45) is 0.900.